The summed E-state index contributed by atoms with van der Waals surface area (Å²) in [5.74, 6) is 1.59. The summed E-state index contributed by atoms with van der Waals surface area (Å²) < 4.78 is 5.97. The smallest absolute Gasteiger partial charge is 0.145 e. The first kappa shape index (κ1) is 15.2. The maximum absolute atomic E-state index is 5.12. The zero-order valence-electron chi connectivity index (χ0n) is 11.4. The second-order valence-corrected chi connectivity index (χ2v) is 5.69. The van der Waals surface area contributed by atoms with Gasteiger partial charge in [0.05, 0.1) is 0 Å². The minimum atomic E-state index is 0.153. The van der Waals surface area contributed by atoms with E-state index in [1.807, 2.05) is 7.05 Å². The Labute approximate surface area is 117 Å². The summed E-state index contributed by atoms with van der Waals surface area (Å²) >= 11 is 3.49. The monoisotopic (exact) mass is 316 g/mol. The minimum Gasteiger partial charge on any atom is -0.385 e. The number of nitrogens with zero attached hydrogens (tertiary/aromatic N) is 2. The molecule has 0 amide bonds. The van der Waals surface area contributed by atoms with Gasteiger partial charge in [0.2, 0.25) is 0 Å². The molecule has 0 aliphatic heterocycles. The Morgan fingerprint density at radius 2 is 2.00 bits per heavy atom. The van der Waals surface area contributed by atoms with Crippen molar-refractivity contribution < 1.29 is 4.74 Å². The zero-order chi connectivity index (χ0) is 13.6. The van der Waals surface area contributed by atoms with Crippen molar-refractivity contribution in [1.29, 1.82) is 0 Å². The predicted molar refractivity (Wildman–Crippen MR) is 78.0 cm³/mol. The Balaban J connectivity index is 2.63. The SMILES string of the molecule is CNc1ncnc(NCC(C)(C)CCOC)c1Br. The summed E-state index contributed by atoms with van der Waals surface area (Å²) in [4.78, 5) is 8.35. The third-order valence-corrected chi connectivity index (χ3v) is 3.49. The molecule has 1 aromatic rings. The molecule has 1 heterocycles. The molecule has 0 spiro atoms. The van der Waals surface area contributed by atoms with Gasteiger partial charge in [0.1, 0.15) is 22.4 Å². The van der Waals surface area contributed by atoms with Crippen LogP contribution in [0.2, 0.25) is 0 Å². The van der Waals surface area contributed by atoms with Crippen LogP contribution < -0.4 is 10.6 Å². The third-order valence-electron chi connectivity index (χ3n) is 2.74. The minimum absolute atomic E-state index is 0.153. The van der Waals surface area contributed by atoms with Gasteiger partial charge >= 0.3 is 0 Å². The first-order valence-corrected chi connectivity index (χ1v) is 6.70. The lowest BCUT2D eigenvalue weighted by Crippen LogP contribution is -2.25. The maximum atomic E-state index is 5.12. The van der Waals surface area contributed by atoms with Crippen LogP contribution in [0.1, 0.15) is 20.3 Å². The first-order chi connectivity index (χ1) is 8.50. The van der Waals surface area contributed by atoms with Crippen LogP contribution in [-0.4, -0.2) is 37.3 Å². The summed E-state index contributed by atoms with van der Waals surface area (Å²) in [5.41, 5.74) is 0.153. The summed E-state index contributed by atoms with van der Waals surface area (Å²) in [6.45, 7) is 6.00. The van der Waals surface area contributed by atoms with Crippen LogP contribution >= 0.6 is 15.9 Å². The molecule has 0 aliphatic carbocycles. The lowest BCUT2D eigenvalue weighted by Gasteiger charge is -2.25. The second kappa shape index (κ2) is 6.89. The van der Waals surface area contributed by atoms with E-state index in [2.05, 4.69) is 50.4 Å². The van der Waals surface area contributed by atoms with Crippen molar-refractivity contribution >= 4 is 27.6 Å². The largest absolute Gasteiger partial charge is 0.385 e. The van der Waals surface area contributed by atoms with Crippen LogP contribution in [0.5, 0.6) is 0 Å². The molecule has 1 aromatic heterocycles. The van der Waals surface area contributed by atoms with Gasteiger partial charge in [-0.3, -0.25) is 0 Å². The molecule has 18 heavy (non-hydrogen) atoms. The Hall–Kier alpha value is -0.880. The molecule has 102 valence electrons. The topological polar surface area (TPSA) is 59.1 Å². The average molecular weight is 317 g/mol. The molecule has 5 nitrogen and oxygen atoms in total. The van der Waals surface area contributed by atoms with Crippen LogP contribution in [0.25, 0.3) is 0 Å². The molecule has 1 rings (SSSR count). The fourth-order valence-electron chi connectivity index (χ4n) is 1.46. The highest BCUT2D eigenvalue weighted by Crippen LogP contribution is 2.28. The van der Waals surface area contributed by atoms with Crippen molar-refractivity contribution in [3.63, 3.8) is 0 Å². The fraction of sp³-hybridized carbons (Fsp3) is 0.667. The number of hydrogen-bond donors (Lipinski definition) is 2. The van der Waals surface area contributed by atoms with Crippen LogP contribution in [0.4, 0.5) is 11.6 Å². The molecule has 0 fully saturated rings. The van der Waals surface area contributed by atoms with E-state index >= 15 is 0 Å². The van der Waals surface area contributed by atoms with E-state index < -0.39 is 0 Å². The summed E-state index contributed by atoms with van der Waals surface area (Å²) in [6.07, 6.45) is 2.54. The van der Waals surface area contributed by atoms with E-state index in [-0.39, 0.29) is 5.41 Å². The van der Waals surface area contributed by atoms with Gasteiger partial charge in [-0.25, -0.2) is 9.97 Å². The van der Waals surface area contributed by atoms with E-state index in [1.165, 1.54) is 0 Å². The van der Waals surface area contributed by atoms with Crippen LogP contribution in [0.3, 0.4) is 0 Å². The molecule has 0 saturated carbocycles. The summed E-state index contributed by atoms with van der Waals surface area (Å²) in [6, 6.07) is 0. The van der Waals surface area contributed by atoms with Crippen molar-refractivity contribution in [2.45, 2.75) is 20.3 Å². The number of ether oxygens (including phenoxy) is 1. The quantitative estimate of drug-likeness (QED) is 0.810. The van der Waals surface area contributed by atoms with Crippen molar-refractivity contribution in [1.82, 2.24) is 9.97 Å². The first-order valence-electron chi connectivity index (χ1n) is 5.91. The number of anilines is 2. The lowest BCUT2D eigenvalue weighted by molar-refractivity contribution is 0.157. The molecule has 0 bridgehead atoms. The van der Waals surface area contributed by atoms with Crippen molar-refractivity contribution in [2.24, 2.45) is 5.41 Å². The molecule has 0 aromatic carbocycles. The third kappa shape index (κ3) is 4.42. The number of aromatic nitrogens is 2. The molecule has 0 unspecified atom stereocenters. The number of rotatable bonds is 7. The maximum Gasteiger partial charge on any atom is 0.145 e. The summed E-state index contributed by atoms with van der Waals surface area (Å²) in [7, 11) is 3.56. The van der Waals surface area contributed by atoms with Gasteiger partial charge < -0.3 is 15.4 Å². The molecule has 0 saturated heterocycles. The van der Waals surface area contributed by atoms with E-state index in [0.29, 0.717) is 0 Å². The van der Waals surface area contributed by atoms with E-state index in [4.69, 9.17) is 4.74 Å². The number of hydrogen-bond acceptors (Lipinski definition) is 5. The van der Waals surface area contributed by atoms with Gasteiger partial charge in [-0.2, -0.15) is 0 Å². The van der Waals surface area contributed by atoms with Crippen molar-refractivity contribution in [2.75, 3.05) is 37.9 Å². The van der Waals surface area contributed by atoms with Crippen LogP contribution in [0, 0.1) is 5.41 Å². The van der Waals surface area contributed by atoms with Gasteiger partial charge in [-0.05, 0) is 27.8 Å². The number of nitrogens with one attached hydrogen (secondary N) is 2. The summed E-state index contributed by atoms with van der Waals surface area (Å²) in [5, 5.41) is 6.35. The fourth-order valence-corrected chi connectivity index (χ4v) is 2.00. The van der Waals surface area contributed by atoms with Crippen molar-refractivity contribution in [3.8, 4) is 0 Å². The molecular weight excluding hydrogens is 296 g/mol. The Morgan fingerprint density at radius 3 is 2.61 bits per heavy atom. The second-order valence-electron chi connectivity index (χ2n) is 4.90. The highest BCUT2D eigenvalue weighted by molar-refractivity contribution is 9.10. The highest BCUT2D eigenvalue weighted by Gasteiger charge is 2.18. The van der Waals surface area contributed by atoms with E-state index in [9.17, 15) is 0 Å². The van der Waals surface area contributed by atoms with Gasteiger partial charge in [0.15, 0.2) is 0 Å². The Bertz CT molecular complexity index is 384. The molecule has 6 heteroatoms. The number of methoxy groups -OCH3 is 1. The highest BCUT2D eigenvalue weighted by atomic mass is 79.9. The zero-order valence-corrected chi connectivity index (χ0v) is 13.0. The molecule has 0 atom stereocenters. The van der Waals surface area contributed by atoms with Gasteiger partial charge in [0.25, 0.3) is 0 Å². The normalized spacial score (nSPS) is 11.4. The standard InChI is InChI=1S/C12H21BrN4O/c1-12(2,5-6-18-4)7-15-11-9(13)10(14-3)16-8-17-11/h8H,5-7H2,1-4H3,(H2,14,15,16,17). The average Bonchev–Trinajstić information content (AvgIpc) is 2.35. The van der Waals surface area contributed by atoms with Crippen molar-refractivity contribution in [3.05, 3.63) is 10.8 Å². The Kier molecular flexibility index (Phi) is 5.81. The molecule has 2 N–H and O–H groups in total. The molecule has 0 aliphatic rings. The lowest BCUT2D eigenvalue weighted by atomic mass is 9.90. The van der Waals surface area contributed by atoms with E-state index in [1.54, 1.807) is 13.4 Å². The molecular formula is C12H21BrN4O. The Morgan fingerprint density at radius 1 is 1.33 bits per heavy atom. The van der Waals surface area contributed by atoms with E-state index in [0.717, 1.165) is 35.7 Å². The van der Waals surface area contributed by atoms with Crippen LogP contribution in [-0.2, 0) is 4.74 Å². The number of halogens is 1. The predicted octanol–water partition coefficient (Wildman–Crippen LogP) is 2.76. The van der Waals surface area contributed by atoms with Gasteiger partial charge in [-0.1, -0.05) is 13.8 Å². The van der Waals surface area contributed by atoms with Gasteiger partial charge in [0, 0.05) is 27.3 Å². The van der Waals surface area contributed by atoms with Gasteiger partial charge in [-0.15, -0.1) is 0 Å². The molecule has 0 radical (unpaired) electrons. The van der Waals surface area contributed by atoms with Crippen LogP contribution in [0.15, 0.2) is 10.8 Å².